The number of carbonyl (C=O) groups is 1. The summed E-state index contributed by atoms with van der Waals surface area (Å²) in [5.74, 6) is -0.731. The first-order valence-corrected chi connectivity index (χ1v) is 12.3. The van der Waals surface area contributed by atoms with Gasteiger partial charge in [-0.3, -0.25) is 4.79 Å². The van der Waals surface area contributed by atoms with E-state index in [4.69, 9.17) is 4.74 Å². The minimum atomic E-state index is -3.66. The van der Waals surface area contributed by atoms with E-state index < -0.39 is 15.7 Å². The third-order valence-electron chi connectivity index (χ3n) is 5.38. The molecule has 1 heterocycles. The van der Waals surface area contributed by atoms with Crippen molar-refractivity contribution in [1.29, 1.82) is 0 Å². The molecule has 3 rings (SSSR count). The number of carbonyl (C=O) groups excluding carboxylic acids is 1. The molecule has 2 atom stereocenters. The average Bonchev–Trinajstić information content (AvgIpc) is 3.19. The minimum Gasteiger partial charge on any atom is -0.469 e. The quantitative estimate of drug-likeness (QED) is 0.420. The number of halogens is 1. The fraction of sp³-hybridized carbons (Fsp3) is 0.524. The van der Waals surface area contributed by atoms with Crippen molar-refractivity contribution in [2.24, 2.45) is 5.92 Å². The highest BCUT2D eigenvalue weighted by molar-refractivity contribution is 7.90. The van der Waals surface area contributed by atoms with Gasteiger partial charge in [0.25, 0.3) is 0 Å². The van der Waals surface area contributed by atoms with E-state index in [2.05, 4.69) is 11.9 Å². The molecule has 0 bridgehead atoms. The number of sulfone groups is 1. The maximum Gasteiger partial charge on any atom is 0.305 e. The number of nitrogens with zero attached hydrogens (tertiary/aromatic N) is 1. The van der Waals surface area contributed by atoms with Crippen molar-refractivity contribution in [3.63, 3.8) is 0 Å². The van der Waals surface area contributed by atoms with Crippen LogP contribution < -0.4 is 0 Å². The molecule has 1 aromatic carbocycles. The lowest BCUT2D eigenvalue weighted by molar-refractivity contribution is -0.141. The van der Waals surface area contributed by atoms with Gasteiger partial charge in [-0.15, -0.1) is 11.3 Å². The maximum atomic E-state index is 13.4. The summed E-state index contributed by atoms with van der Waals surface area (Å²) in [6.07, 6.45) is 5.28. The summed E-state index contributed by atoms with van der Waals surface area (Å²) in [7, 11) is -2.27. The Morgan fingerprint density at radius 3 is 2.83 bits per heavy atom. The first-order valence-electron chi connectivity index (χ1n) is 9.87. The first kappa shape index (κ1) is 21.9. The first-order chi connectivity index (χ1) is 13.8. The lowest BCUT2D eigenvalue weighted by Crippen LogP contribution is -2.15. The number of aromatic nitrogens is 1. The van der Waals surface area contributed by atoms with Crippen molar-refractivity contribution in [3.05, 3.63) is 45.7 Å². The van der Waals surface area contributed by atoms with Crippen LogP contribution in [0.1, 0.15) is 60.5 Å². The largest absolute Gasteiger partial charge is 0.469 e. The van der Waals surface area contributed by atoms with Crippen molar-refractivity contribution < 1.29 is 22.3 Å². The predicted molar refractivity (Wildman–Crippen MR) is 110 cm³/mol. The monoisotopic (exact) mass is 439 g/mol. The Morgan fingerprint density at radius 1 is 1.34 bits per heavy atom. The summed E-state index contributed by atoms with van der Waals surface area (Å²) in [5, 5.41) is 0.524. The summed E-state index contributed by atoms with van der Waals surface area (Å²) in [5.41, 5.74) is 0.935. The van der Waals surface area contributed by atoms with Gasteiger partial charge in [0.2, 0.25) is 0 Å². The zero-order valence-corrected chi connectivity index (χ0v) is 18.3. The molecule has 0 aliphatic heterocycles. The number of fused-ring (bicyclic) bond motifs is 1. The topological polar surface area (TPSA) is 73.3 Å². The van der Waals surface area contributed by atoms with Crippen LogP contribution in [0.3, 0.4) is 0 Å². The van der Waals surface area contributed by atoms with Crippen LogP contribution >= 0.6 is 11.3 Å². The van der Waals surface area contributed by atoms with Crippen molar-refractivity contribution >= 4 is 27.1 Å². The van der Waals surface area contributed by atoms with E-state index in [0.717, 1.165) is 48.7 Å². The predicted octanol–water partition coefficient (Wildman–Crippen LogP) is 4.66. The molecule has 0 N–H and O–H groups in total. The van der Waals surface area contributed by atoms with Gasteiger partial charge in [-0.2, -0.15) is 0 Å². The number of rotatable bonds is 9. The van der Waals surface area contributed by atoms with Gasteiger partial charge in [-0.1, -0.05) is 32.3 Å². The molecule has 1 aliphatic carbocycles. The molecule has 0 saturated heterocycles. The van der Waals surface area contributed by atoms with Crippen molar-refractivity contribution in [3.8, 4) is 0 Å². The van der Waals surface area contributed by atoms with Crippen LogP contribution in [0.5, 0.6) is 0 Å². The smallest absolute Gasteiger partial charge is 0.305 e. The van der Waals surface area contributed by atoms with E-state index >= 15 is 0 Å². The van der Waals surface area contributed by atoms with Crippen LogP contribution in [-0.2, 0) is 31.5 Å². The lowest BCUT2D eigenvalue weighted by atomic mass is 9.87. The molecule has 1 aliphatic rings. The third-order valence-corrected chi connectivity index (χ3v) is 8.29. The second kappa shape index (κ2) is 9.34. The van der Waals surface area contributed by atoms with Gasteiger partial charge in [0.05, 0.1) is 17.7 Å². The second-order valence-electron chi connectivity index (χ2n) is 7.48. The molecule has 8 heteroatoms. The number of esters is 1. The summed E-state index contributed by atoms with van der Waals surface area (Å²) in [6.45, 7) is 2.14. The molecular weight excluding hydrogens is 413 g/mol. The molecule has 0 amide bonds. The van der Waals surface area contributed by atoms with Gasteiger partial charge in [0.1, 0.15) is 16.6 Å². The van der Waals surface area contributed by atoms with Gasteiger partial charge in [-0.05, 0) is 37.0 Å². The van der Waals surface area contributed by atoms with Gasteiger partial charge in [0.15, 0.2) is 9.84 Å². The average molecular weight is 440 g/mol. The van der Waals surface area contributed by atoms with Crippen molar-refractivity contribution in [2.45, 2.75) is 62.0 Å². The molecule has 158 valence electrons. The number of methoxy groups -OCH3 is 1. The molecule has 0 spiro atoms. The zero-order valence-electron chi connectivity index (χ0n) is 16.7. The van der Waals surface area contributed by atoms with Crippen molar-refractivity contribution in [2.75, 3.05) is 7.11 Å². The normalized spacial score (nSPS) is 18.6. The number of hydrogen-bond donors (Lipinski definition) is 0. The Bertz CT molecular complexity index is 971. The van der Waals surface area contributed by atoms with Crippen LogP contribution in [-0.4, -0.2) is 26.5 Å². The molecule has 0 fully saturated rings. The van der Waals surface area contributed by atoms with Crippen molar-refractivity contribution in [1.82, 2.24) is 4.98 Å². The summed E-state index contributed by atoms with van der Waals surface area (Å²) in [4.78, 5) is 17.5. The number of thiazole rings is 1. The zero-order chi connectivity index (χ0) is 21.0. The molecular formula is C21H26FNO4S2. The molecule has 0 radical (unpaired) electrons. The Morgan fingerprint density at radius 2 is 2.14 bits per heavy atom. The minimum absolute atomic E-state index is 0.0316. The van der Waals surface area contributed by atoms with E-state index in [-0.39, 0.29) is 28.5 Å². The van der Waals surface area contributed by atoms with Gasteiger partial charge >= 0.3 is 5.97 Å². The Kier molecular flexibility index (Phi) is 7.05. The highest BCUT2D eigenvalue weighted by Crippen LogP contribution is 2.45. The van der Waals surface area contributed by atoms with Gasteiger partial charge < -0.3 is 4.74 Å². The number of hydrogen-bond acceptors (Lipinski definition) is 6. The number of unbranched alkanes of at least 4 members (excludes halogenated alkanes) is 2. The third kappa shape index (κ3) is 5.22. The second-order valence-corrected chi connectivity index (χ2v) is 10.6. The van der Waals surface area contributed by atoms with Crippen LogP contribution in [0.4, 0.5) is 4.39 Å². The Balaban J connectivity index is 1.80. The van der Waals surface area contributed by atoms with E-state index in [0.29, 0.717) is 11.4 Å². The highest BCUT2D eigenvalue weighted by Gasteiger charge is 2.37. The SMILES string of the molecule is CCCCCC1c2nc(CS(=O)(=O)c3cccc(F)c3)sc2CC1CC(=O)OC. The van der Waals surface area contributed by atoms with E-state index in [1.54, 1.807) is 0 Å². The number of ether oxygens (including phenoxy) is 1. The molecule has 1 aromatic heterocycles. The summed E-state index contributed by atoms with van der Waals surface area (Å²) in [6, 6.07) is 5.06. The Hall–Kier alpha value is -1.80. The van der Waals surface area contributed by atoms with Gasteiger partial charge in [-0.25, -0.2) is 17.8 Å². The molecule has 0 saturated carbocycles. The van der Waals surface area contributed by atoms with Crippen LogP contribution in [0.25, 0.3) is 0 Å². The number of benzene rings is 1. The van der Waals surface area contributed by atoms with Crippen LogP contribution in [0.2, 0.25) is 0 Å². The van der Waals surface area contributed by atoms with Gasteiger partial charge in [0, 0.05) is 17.2 Å². The molecule has 29 heavy (non-hydrogen) atoms. The maximum absolute atomic E-state index is 13.4. The molecule has 2 unspecified atom stereocenters. The molecule has 5 nitrogen and oxygen atoms in total. The van der Waals surface area contributed by atoms with E-state index in [1.165, 1.54) is 36.6 Å². The van der Waals surface area contributed by atoms with Crippen LogP contribution in [0, 0.1) is 11.7 Å². The molecule has 2 aromatic rings. The highest BCUT2D eigenvalue weighted by atomic mass is 32.2. The van der Waals surface area contributed by atoms with Crippen LogP contribution in [0.15, 0.2) is 29.2 Å². The summed E-state index contributed by atoms with van der Waals surface area (Å²) < 4.78 is 43.6. The standard InChI is InChI=1S/C21H26FNO4S2/c1-3-4-5-9-17-14(11-20(24)27-2)10-18-21(17)23-19(28-18)13-29(25,26)16-8-6-7-15(22)12-16/h6-8,12,14,17H,3-5,9-11,13H2,1-2H3. The Labute approximate surface area is 175 Å². The fourth-order valence-electron chi connectivity index (χ4n) is 3.92. The fourth-order valence-corrected chi connectivity index (χ4v) is 6.78. The van der Waals surface area contributed by atoms with E-state index in [9.17, 15) is 17.6 Å². The lowest BCUT2D eigenvalue weighted by Gasteiger charge is -2.18. The summed E-state index contributed by atoms with van der Waals surface area (Å²) >= 11 is 1.39. The van der Waals surface area contributed by atoms with E-state index in [1.807, 2.05) is 0 Å².